The lowest BCUT2D eigenvalue weighted by Gasteiger charge is -2.12. The van der Waals surface area contributed by atoms with Crippen LogP contribution in [-0.2, 0) is 13.5 Å². The van der Waals surface area contributed by atoms with Gasteiger partial charge in [0.2, 0.25) is 0 Å². The number of aliphatic hydroxyl groups excluding tert-OH is 1. The van der Waals surface area contributed by atoms with Crippen LogP contribution in [-0.4, -0.2) is 14.9 Å². The molecule has 1 aromatic carbocycles. The van der Waals surface area contributed by atoms with Gasteiger partial charge in [-0.05, 0) is 24.6 Å². The highest BCUT2D eigenvalue weighted by Gasteiger charge is 2.19. The molecular weight excluding hydrogens is 255 g/mol. The maximum Gasteiger partial charge on any atom is 0.123 e. The number of rotatable bonds is 3. The molecule has 0 radical (unpaired) electrons. The first kappa shape index (κ1) is 13.1. The van der Waals surface area contributed by atoms with Gasteiger partial charge in [0.05, 0.1) is 5.69 Å². The van der Waals surface area contributed by atoms with Crippen molar-refractivity contribution < 1.29 is 9.50 Å². The Morgan fingerprint density at radius 2 is 2.17 bits per heavy atom. The maximum atomic E-state index is 13.2. The number of hydrogen-bond acceptors (Lipinski definition) is 2. The smallest absolute Gasteiger partial charge is 0.123 e. The maximum absolute atomic E-state index is 13.2. The number of nitrogens with zero attached hydrogens (tertiary/aromatic N) is 2. The predicted octanol–water partition coefficient (Wildman–Crippen LogP) is 2.86. The molecule has 0 saturated carbocycles. The van der Waals surface area contributed by atoms with Crippen molar-refractivity contribution in [3.8, 4) is 0 Å². The van der Waals surface area contributed by atoms with E-state index in [2.05, 4.69) is 5.10 Å². The van der Waals surface area contributed by atoms with Crippen molar-refractivity contribution in [2.24, 2.45) is 7.05 Å². The van der Waals surface area contributed by atoms with Crippen molar-refractivity contribution in [2.75, 3.05) is 0 Å². The van der Waals surface area contributed by atoms with E-state index in [4.69, 9.17) is 11.6 Å². The Morgan fingerprint density at radius 3 is 2.83 bits per heavy atom. The molecule has 0 aliphatic heterocycles. The molecule has 1 heterocycles. The van der Waals surface area contributed by atoms with Gasteiger partial charge in [-0.3, -0.25) is 4.68 Å². The summed E-state index contributed by atoms with van der Waals surface area (Å²) in [5, 5.41) is 14.9. The molecule has 0 fully saturated rings. The Labute approximate surface area is 110 Å². The summed E-state index contributed by atoms with van der Waals surface area (Å²) in [5.41, 5.74) is 1.80. The molecule has 0 aliphatic carbocycles. The van der Waals surface area contributed by atoms with Crippen LogP contribution in [0.3, 0.4) is 0 Å². The largest absolute Gasteiger partial charge is 0.383 e. The molecule has 18 heavy (non-hydrogen) atoms. The van der Waals surface area contributed by atoms with Gasteiger partial charge in [-0.15, -0.1) is 0 Å². The summed E-state index contributed by atoms with van der Waals surface area (Å²) in [6, 6.07) is 3.96. The van der Waals surface area contributed by atoms with Crippen LogP contribution < -0.4 is 0 Å². The molecule has 1 unspecified atom stereocenters. The SMILES string of the molecule is CCc1nn(C)cc1C(O)c1cc(F)ccc1Cl. The summed E-state index contributed by atoms with van der Waals surface area (Å²) in [5.74, 6) is -0.421. The van der Waals surface area contributed by atoms with Gasteiger partial charge in [-0.1, -0.05) is 18.5 Å². The number of benzene rings is 1. The van der Waals surface area contributed by atoms with E-state index in [-0.39, 0.29) is 0 Å². The van der Waals surface area contributed by atoms with Gasteiger partial charge in [0.1, 0.15) is 11.9 Å². The fourth-order valence-electron chi connectivity index (χ4n) is 1.95. The average molecular weight is 269 g/mol. The molecule has 5 heteroatoms. The third-order valence-electron chi connectivity index (χ3n) is 2.82. The monoisotopic (exact) mass is 268 g/mol. The topological polar surface area (TPSA) is 38.0 Å². The summed E-state index contributed by atoms with van der Waals surface area (Å²) in [6.45, 7) is 1.95. The summed E-state index contributed by atoms with van der Waals surface area (Å²) in [4.78, 5) is 0. The van der Waals surface area contributed by atoms with Gasteiger partial charge in [-0.25, -0.2) is 4.39 Å². The number of hydrogen-bond donors (Lipinski definition) is 1. The fourth-order valence-corrected chi connectivity index (χ4v) is 2.17. The van der Waals surface area contributed by atoms with E-state index in [9.17, 15) is 9.50 Å². The molecule has 3 nitrogen and oxygen atoms in total. The first-order chi connectivity index (χ1) is 8.52. The molecule has 0 spiro atoms. The predicted molar refractivity (Wildman–Crippen MR) is 68.1 cm³/mol. The minimum atomic E-state index is -0.961. The second-order valence-corrected chi connectivity index (χ2v) is 4.53. The Morgan fingerprint density at radius 1 is 1.44 bits per heavy atom. The van der Waals surface area contributed by atoms with E-state index in [1.165, 1.54) is 18.2 Å². The molecule has 2 aromatic rings. The minimum absolute atomic E-state index is 0.342. The van der Waals surface area contributed by atoms with Crippen molar-refractivity contribution >= 4 is 11.6 Å². The number of halogens is 2. The summed E-state index contributed by atoms with van der Waals surface area (Å²) in [6.07, 6.45) is 1.46. The van der Waals surface area contributed by atoms with Gasteiger partial charge < -0.3 is 5.11 Å². The Hall–Kier alpha value is -1.39. The van der Waals surface area contributed by atoms with Crippen LogP contribution in [0.4, 0.5) is 4.39 Å². The lowest BCUT2D eigenvalue weighted by molar-refractivity contribution is 0.218. The van der Waals surface area contributed by atoms with Crippen LogP contribution in [0.2, 0.25) is 5.02 Å². The number of aryl methyl sites for hydroxylation is 2. The second kappa shape index (κ2) is 5.08. The Kier molecular flexibility index (Phi) is 3.68. The highest BCUT2D eigenvalue weighted by molar-refractivity contribution is 6.31. The zero-order valence-electron chi connectivity index (χ0n) is 10.2. The zero-order valence-corrected chi connectivity index (χ0v) is 10.9. The summed E-state index contributed by atoms with van der Waals surface area (Å²) < 4.78 is 14.8. The van der Waals surface area contributed by atoms with Crippen LogP contribution in [0.25, 0.3) is 0 Å². The zero-order chi connectivity index (χ0) is 13.3. The van der Waals surface area contributed by atoms with Crippen LogP contribution in [0.15, 0.2) is 24.4 Å². The summed E-state index contributed by atoms with van der Waals surface area (Å²) in [7, 11) is 1.78. The quantitative estimate of drug-likeness (QED) is 0.930. The van der Waals surface area contributed by atoms with Crippen molar-refractivity contribution in [2.45, 2.75) is 19.4 Å². The van der Waals surface area contributed by atoms with E-state index < -0.39 is 11.9 Å². The third-order valence-corrected chi connectivity index (χ3v) is 3.16. The van der Waals surface area contributed by atoms with E-state index in [1.54, 1.807) is 17.9 Å². The Balaban J connectivity index is 2.46. The average Bonchev–Trinajstić information content (AvgIpc) is 2.72. The normalized spacial score (nSPS) is 12.7. The van der Waals surface area contributed by atoms with Crippen molar-refractivity contribution in [3.63, 3.8) is 0 Å². The van der Waals surface area contributed by atoms with Gasteiger partial charge >= 0.3 is 0 Å². The minimum Gasteiger partial charge on any atom is -0.383 e. The van der Waals surface area contributed by atoms with Crippen LogP contribution in [0, 0.1) is 5.82 Å². The molecule has 1 N–H and O–H groups in total. The van der Waals surface area contributed by atoms with Gasteiger partial charge in [0, 0.05) is 29.4 Å². The van der Waals surface area contributed by atoms with E-state index >= 15 is 0 Å². The highest BCUT2D eigenvalue weighted by atomic mass is 35.5. The molecule has 1 aromatic heterocycles. The fraction of sp³-hybridized carbons (Fsp3) is 0.308. The Bertz CT molecular complexity index is 568. The standard InChI is InChI=1S/C13H14ClFN2O/c1-3-12-10(7-17(2)16-12)13(18)9-6-8(15)4-5-11(9)14/h4-7,13,18H,3H2,1-2H3. The van der Waals surface area contributed by atoms with Crippen molar-refractivity contribution in [1.82, 2.24) is 9.78 Å². The lowest BCUT2D eigenvalue weighted by atomic mass is 10.0. The van der Waals surface area contributed by atoms with Gasteiger partial charge in [0.25, 0.3) is 0 Å². The summed E-state index contributed by atoms with van der Waals surface area (Å²) >= 11 is 5.99. The first-order valence-corrected chi connectivity index (χ1v) is 6.06. The first-order valence-electron chi connectivity index (χ1n) is 5.68. The van der Waals surface area contributed by atoms with E-state index in [1.807, 2.05) is 6.92 Å². The highest BCUT2D eigenvalue weighted by Crippen LogP contribution is 2.30. The lowest BCUT2D eigenvalue weighted by Crippen LogP contribution is -2.03. The van der Waals surface area contributed by atoms with Crippen molar-refractivity contribution in [1.29, 1.82) is 0 Å². The number of aliphatic hydroxyl groups is 1. The molecule has 0 aliphatic rings. The van der Waals surface area contributed by atoms with E-state index in [0.717, 1.165) is 5.69 Å². The molecule has 0 saturated heterocycles. The molecule has 0 bridgehead atoms. The van der Waals surface area contributed by atoms with Crippen molar-refractivity contribution in [3.05, 3.63) is 52.1 Å². The molecule has 2 rings (SSSR count). The number of aromatic nitrogens is 2. The third kappa shape index (κ3) is 2.40. The van der Waals surface area contributed by atoms with Crippen LogP contribution >= 0.6 is 11.6 Å². The van der Waals surface area contributed by atoms with Gasteiger partial charge in [-0.2, -0.15) is 5.10 Å². The molecule has 96 valence electrons. The van der Waals surface area contributed by atoms with Crippen LogP contribution in [0.5, 0.6) is 0 Å². The molecular formula is C13H14ClFN2O. The van der Waals surface area contributed by atoms with E-state index in [0.29, 0.717) is 22.6 Å². The van der Waals surface area contributed by atoms with Gasteiger partial charge in [0.15, 0.2) is 0 Å². The van der Waals surface area contributed by atoms with Crippen LogP contribution in [0.1, 0.15) is 29.8 Å². The molecule has 1 atom stereocenters. The second-order valence-electron chi connectivity index (χ2n) is 4.13. The molecule has 0 amide bonds.